The molecule has 3 aromatic rings. The zero-order valence-electron chi connectivity index (χ0n) is 18.9. The summed E-state index contributed by atoms with van der Waals surface area (Å²) < 4.78 is 38.7. The molecule has 0 amide bonds. The maximum atomic E-state index is 11.1. The first-order valence-corrected chi connectivity index (χ1v) is 12.9. The van der Waals surface area contributed by atoms with Crippen molar-refractivity contribution in [2.75, 3.05) is 26.6 Å². The van der Waals surface area contributed by atoms with Crippen molar-refractivity contribution in [2.45, 2.75) is 13.5 Å². The van der Waals surface area contributed by atoms with Gasteiger partial charge in [0.05, 0.1) is 38.7 Å². The lowest BCUT2D eigenvalue weighted by atomic mass is 9.96. The molecule has 7 heteroatoms. The first-order valence-electron chi connectivity index (χ1n) is 10.4. The highest BCUT2D eigenvalue weighted by molar-refractivity contribution is 8.13. The summed E-state index contributed by atoms with van der Waals surface area (Å²) in [6.07, 6.45) is 4.07. The Hall–Kier alpha value is -2.80. The summed E-state index contributed by atoms with van der Waals surface area (Å²) in [5.74, 6) is 0.927. The zero-order valence-corrected chi connectivity index (χ0v) is 20.4. The van der Waals surface area contributed by atoms with Gasteiger partial charge in [-0.3, -0.25) is 0 Å². The summed E-state index contributed by atoms with van der Waals surface area (Å²) in [5.41, 5.74) is 6.29. The van der Waals surface area contributed by atoms with Gasteiger partial charge < -0.3 is 14.2 Å². The highest BCUT2D eigenvalue weighted by atomic mass is 35.7. The summed E-state index contributed by atoms with van der Waals surface area (Å²) in [5, 5.41) is 0. The largest absolute Gasteiger partial charge is 0.496 e. The predicted molar refractivity (Wildman–Crippen MR) is 134 cm³/mol. The van der Waals surface area contributed by atoms with Crippen LogP contribution < -0.4 is 9.47 Å². The van der Waals surface area contributed by atoms with Crippen molar-refractivity contribution in [1.29, 1.82) is 0 Å². The molecule has 0 N–H and O–H groups in total. The minimum atomic E-state index is -3.60. The monoisotopic (exact) mass is 486 g/mol. The van der Waals surface area contributed by atoms with Gasteiger partial charge in [0.15, 0.2) is 0 Å². The molecule has 0 radical (unpaired) electrons. The zero-order chi connectivity index (χ0) is 23.8. The van der Waals surface area contributed by atoms with Crippen molar-refractivity contribution < 1.29 is 22.6 Å². The summed E-state index contributed by atoms with van der Waals surface area (Å²) in [7, 11) is 4.77. The van der Waals surface area contributed by atoms with E-state index in [0.29, 0.717) is 17.1 Å². The van der Waals surface area contributed by atoms with Crippen LogP contribution >= 0.6 is 10.7 Å². The normalized spacial score (nSPS) is 11.6. The van der Waals surface area contributed by atoms with E-state index in [9.17, 15) is 8.42 Å². The van der Waals surface area contributed by atoms with Crippen LogP contribution in [0.1, 0.15) is 22.3 Å². The molecule has 33 heavy (non-hydrogen) atoms. The molecule has 0 bridgehead atoms. The average Bonchev–Trinajstić information content (AvgIpc) is 2.81. The molecule has 0 unspecified atom stereocenters. The molecule has 0 atom stereocenters. The fourth-order valence-electron chi connectivity index (χ4n) is 3.53. The third-order valence-corrected chi connectivity index (χ3v) is 6.38. The molecule has 0 aliphatic rings. The van der Waals surface area contributed by atoms with Crippen LogP contribution in [0.15, 0.2) is 60.7 Å². The molecular formula is C26H27ClO5S. The second kappa shape index (κ2) is 11.4. The Kier molecular flexibility index (Phi) is 8.55. The number of ether oxygens (including phenoxy) is 3. The van der Waals surface area contributed by atoms with Crippen molar-refractivity contribution in [3.8, 4) is 22.6 Å². The fraction of sp³-hybridized carbons (Fsp3) is 0.231. The molecule has 0 heterocycles. The quantitative estimate of drug-likeness (QED) is 0.202. The van der Waals surface area contributed by atoms with Gasteiger partial charge in [-0.15, -0.1) is 0 Å². The predicted octanol–water partition coefficient (Wildman–Crippen LogP) is 5.93. The minimum absolute atomic E-state index is 0.0170. The van der Waals surface area contributed by atoms with Gasteiger partial charge in [-0.05, 0) is 46.9 Å². The van der Waals surface area contributed by atoms with Gasteiger partial charge in [-0.1, -0.05) is 60.7 Å². The van der Waals surface area contributed by atoms with Crippen molar-refractivity contribution in [2.24, 2.45) is 0 Å². The van der Waals surface area contributed by atoms with Gasteiger partial charge in [0, 0.05) is 10.7 Å². The van der Waals surface area contributed by atoms with E-state index in [1.54, 1.807) is 14.2 Å². The Morgan fingerprint density at radius 3 is 2.18 bits per heavy atom. The minimum Gasteiger partial charge on any atom is -0.496 e. The Morgan fingerprint density at radius 2 is 1.58 bits per heavy atom. The number of rotatable bonds is 10. The SMILES string of the molecule is COc1cc(/C=C/c2cccc(-c3ccccc3)c2C)cc(OC)c1COCCS(=O)(=O)Cl. The maximum Gasteiger partial charge on any atom is 0.234 e. The van der Waals surface area contributed by atoms with Crippen LogP contribution in [0.4, 0.5) is 0 Å². The lowest BCUT2D eigenvalue weighted by Crippen LogP contribution is -2.08. The molecule has 0 aromatic heterocycles. The van der Waals surface area contributed by atoms with Crippen molar-refractivity contribution >= 4 is 31.9 Å². The van der Waals surface area contributed by atoms with Gasteiger partial charge in [0.1, 0.15) is 11.5 Å². The highest BCUT2D eigenvalue weighted by Crippen LogP contribution is 2.33. The van der Waals surface area contributed by atoms with E-state index in [1.807, 2.05) is 36.4 Å². The Labute approximate surface area is 200 Å². The maximum absolute atomic E-state index is 11.1. The smallest absolute Gasteiger partial charge is 0.234 e. The van der Waals surface area contributed by atoms with E-state index in [1.165, 1.54) is 16.7 Å². The molecule has 0 saturated carbocycles. The molecule has 5 nitrogen and oxygen atoms in total. The van der Waals surface area contributed by atoms with E-state index < -0.39 is 9.05 Å². The molecule has 0 saturated heterocycles. The van der Waals surface area contributed by atoms with Gasteiger partial charge in [0.2, 0.25) is 9.05 Å². The van der Waals surface area contributed by atoms with Crippen LogP contribution in [0.2, 0.25) is 0 Å². The Morgan fingerprint density at radius 1 is 0.909 bits per heavy atom. The van der Waals surface area contributed by atoms with Crippen molar-refractivity contribution in [3.05, 3.63) is 82.9 Å². The number of hydrogen-bond acceptors (Lipinski definition) is 5. The lowest BCUT2D eigenvalue weighted by Gasteiger charge is -2.15. The van der Waals surface area contributed by atoms with Crippen LogP contribution in [0.25, 0.3) is 23.3 Å². The number of methoxy groups -OCH3 is 2. The molecule has 0 aliphatic heterocycles. The van der Waals surface area contributed by atoms with E-state index in [4.69, 9.17) is 24.9 Å². The van der Waals surface area contributed by atoms with Crippen LogP contribution in [-0.2, 0) is 20.4 Å². The summed E-state index contributed by atoms with van der Waals surface area (Å²) in [6, 6.07) is 20.3. The fourth-order valence-corrected chi connectivity index (χ4v) is 4.03. The van der Waals surface area contributed by atoms with Gasteiger partial charge in [0.25, 0.3) is 0 Å². The lowest BCUT2D eigenvalue weighted by molar-refractivity contribution is 0.131. The third kappa shape index (κ3) is 6.84. The molecule has 3 aromatic carbocycles. The van der Waals surface area contributed by atoms with E-state index >= 15 is 0 Å². The van der Waals surface area contributed by atoms with Crippen LogP contribution in [-0.4, -0.2) is 35.0 Å². The second-order valence-corrected chi connectivity index (χ2v) is 10.3. The van der Waals surface area contributed by atoms with E-state index in [2.05, 4.69) is 43.3 Å². The molecule has 0 fully saturated rings. The Bertz CT molecular complexity index is 1200. The standard InChI is InChI=1S/C26H27ClO5S/c1-19-21(10-7-11-23(19)22-8-5-4-6-9-22)13-12-20-16-25(30-2)24(26(17-20)31-3)18-32-14-15-33(27,28)29/h4-13,16-17H,14-15,18H2,1-3H3/b13-12+. The summed E-state index contributed by atoms with van der Waals surface area (Å²) in [4.78, 5) is 0. The van der Waals surface area contributed by atoms with Gasteiger partial charge in [-0.2, -0.15) is 0 Å². The van der Waals surface area contributed by atoms with Crippen LogP contribution in [0.3, 0.4) is 0 Å². The first-order chi connectivity index (χ1) is 15.8. The molecule has 174 valence electrons. The van der Waals surface area contributed by atoms with Gasteiger partial charge in [-0.25, -0.2) is 8.42 Å². The van der Waals surface area contributed by atoms with E-state index in [-0.39, 0.29) is 19.0 Å². The summed E-state index contributed by atoms with van der Waals surface area (Å²) in [6.45, 7) is 2.24. The van der Waals surface area contributed by atoms with E-state index in [0.717, 1.165) is 11.1 Å². The molecule has 3 rings (SSSR count). The third-order valence-electron chi connectivity index (χ3n) is 5.26. The number of halogens is 1. The number of benzene rings is 3. The number of hydrogen-bond donors (Lipinski definition) is 0. The van der Waals surface area contributed by atoms with Crippen LogP contribution in [0, 0.1) is 6.92 Å². The van der Waals surface area contributed by atoms with Crippen molar-refractivity contribution in [3.63, 3.8) is 0 Å². The summed E-state index contributed by atoms with van der Waals surface area (Å²) >= 11 is 0. The topological polar surface area (TPSA) is 61.8 Å². The second-order valence-electron chi connectivity index (χ2n) is 7.42. The van der Waals surface area contributed by atoms with Gasteiger partial charge >= 0.3 is 0 Å². The molecule has 0 aliphatic carbocycles. The highest BCUT2D eigenvalue weighted by Gasteiger charge is 2.13. The Balaban J connectivity index is 1.84. The van der Waals surface area contributed by atoms with Crippen LogP contribution in [0.5, 0.6) is 11.5 Å². The molecule has 0 spiro atoms. The first kappa shape index (κ1) is 24.8. The van der Waals surface area contributed by atoms with Crippen molar-refractivity contribution in [1.82, 2.24) is 0 Å². The average molecular weight is 487 g/mol. The molecular weight excluding hydrogens is 460 g/mol.